The van der Waals surface area contributed by atoms with E-state index >= 15 is 0 Å². The van der Waals surface area contributed by atoms with Gasteiger partial charge >= 0.3 is 6.09 Å². The molecule has 7 heteroatoms. The number of nitrogens with one attached hydrogen (secondary N) is 2. The van der Waals surface area contributed by atoms with Crippen LogP contribution in [0.4, 0.5) is 4.79 Å². The first kappa shape index (κ1) is 23.6. The van der Waals surface area contributed by atoms with E-state index in [0.717, 1.165) is 35.0 Å². The number of H-pyrrole nitrogens is 1. The third-order valence-corrected chi connectivity index (χ3v) is 6.05. The summed E-state index contributed by atoms with van der Waals surface area (Å²) < 4.78 is 5.79. The molecule has 3 N–H and O–H groups in total. The molecule has 178 valence electrons. The molecule has 2 aromatic carbocycles. The number of hydrogen-bond donors (Lipinski definition) is 3. The van der Waals surface area contributed by atoms with E-state index in [9.17, 15) is 9.59 Å². The van der Waals surface area contributed by atoms with E-state index in [4.69, 9.17) is 9.94 Å². The zero-order valence-corrected chi connectivity index (χ0v) is 19.8. The number of aryl methyl sites for hydroxylation is 1. The zero-order valence-electron chi connectivity index (χ0n) is 19.8. The molecule has 1 aromatic heterocycles. The molecule has 0 saturated carbocycles. The van der Waals surface area contributed by atoms with Gasteiger partial charge in [-0.1, -0.05) is 36.4 Å². The molecule has 3 aromatic rings. The van der Waals surface area contributed by atoms with E-state index in [1.54, 1.807) is 11.6 Å². The van der Waals surface area contributed by atoms with Crippen molar-refractivity contribution in [3.63, 3.8) is 0 Å². The number of rotatable bonds is 6. The summed E-state index contributed by atoms with van der Waals surface area (Å²) in [5.41, 5.74) is 6.39. The van der Waals surface area contributed by atoms with E-state index < -0.39 is 11.5 Å². The summed E-state index contributed by atoms with van der Waals surface area (Å²) in [4.78, 5) is 29.7. The topological polar surface area (TPSA) is 94.7 Å². The van der Waals surface area contributed by atoms with Crippen LogP contribution in [0.3, 0.4) is 0 Å². The number of amides is 2. The molecule has 1 aliphatic carbocycles. The Kier molecular flexibility index (Phi) is 6.75. The van der Waals surface area contributed by atoms with Crippen molar-refractivity contribution in [2.75, 3.05) is 6.54 Å². The lowest BCUT2D eigenvalue weighted by molar-refractivity contribution is -0.124. The molecule has 4 rings (SSSR count). The number of benzene rings is 2. The van der Waals surface area contributed by atoms with Crippen molar-refractivity contribution in [3.8, 4) is 0 Å². The number of para-hydroxylation sites is 1. The van der Waals surface area contributed by atoms with Crippen LogP contribution in [0.15, 0.2) is 54.7 Å². The van der Waals surface area contributed by atoms with Gasteiger partial charge < -0.3 is 14.6 Å². The second-order valence-electron chi connectivity index (χ2n) is 9.61. The standard InChI is InChI=1S/C27H31N3O4/c1-27(2,3)34-26(32)30(15-14-20-17-28-23-7-5-4-6-21(20)23)24-12-10-19-16-18(8-11-22(19)24)9-13-25(31)29-33/h4-9,11,13,16-17,24,28,33H,10,12,14-15H2,1-3H3,(H,29,31)/b13-9+. The third-order valence-electron chi connectivity index (χ3n) is 6.05. The number of fused-ring (bicyclic) bond motifs is 2. The van der Waals surface area contributed by atoms with Gasteiger partial charge in [0.25, 0.3) is 5.91 Å². The highest BCUT2D eigenvalue weighted by Crippen LogP contribution is 2.37. The molecular weight excluding hydrogens is 430 g/mol. The summed E-state index contributed by atoms with van der Waals surface area (Å²) in [6, 6.07) is 14.1. The maximum absolute atomic E-state index is 13.3. The lowest BCUT2D eigenvalue weighted by Gasteiger charge is -2.32. The number of aromatic nitrogens is 1. The number of hydrogen-bond acceptors (Lipinski definition) is 4. The van der Waals surface area contributed by atoms with E-state index in [0.29, 0.717) is 13.0 Å². The maximum atomic E-state index is 13.3. The second-order valence-corrected chi connectivity index (χ2v) is 9.61. The fourth-order valence-corrected chi connectivity index (χ4v) is 4.53. The van der Waals surface area contributed by atoms with Crippen LogP contribution < -0.4 is 5.48 Å². The van der Waals surface area contributed by atoms with Crippen LogP contribution in [-0.2, 0) is 22.4 Å². The van der Waals surface area contributed by atoms with Crippen LogP contribution in [0.2, 0.25) is 0 Å². The second kappa shape index (κ2) is 9.73. The molecular formula is C27H31N3O4. The first-order valence-corrected chi connectivity index (χ1v) is 11.5. The fraction of sp³-hybridized carbons (Fsp3) is 0.333. The van der Waals surface area contributed by atoms with E-state index in [1.165, 1.54) is 17.0 Å². The van der Waals surface area contributed by atoms with Gasteiger partial charge in [-0.25, -0.2) is 10.3 Å². The number of hydroxylamine groups is 1. The van der Waals surface area contributed by atoms with Crippen LogP contribution >= 0.6 is 0 Å². The first-order chi connectivity index (χ1) is 16.2. The highest BCUT2D eigenvalue weighted by Gasteiger charge is 2.33. The number of carbonyl (C=O) groups excluding carboxylic acids is 2. The Morgan fingerprint density at radius 1 is 1.24 bits per heavy atom. The van der Waals surface area contributed by atoms with Gasteiger partial charge in [0.1, 0.15) is 5.60 Å². The molecule has 7 nitrogen and oxygen atoms in total. The van der Waals surface area contributed by atoms with Crippen LogP contribution in [-0.4, -0.2) is 39.2 Å². The summed E-state index contributed by atoms with van der Waals surface area (Å²) in [5, 5.41) is 9.84. The van der Waals surface area contributed by atoms with Gasteiger partial charge in [0.15, 0.2) is 0 Å². The predicted octanol–water partition coefficient (Wildman–Crippen LogP) is 5.15. The Bertz CT molecular complexity index is 1220. The summed E-state index contributed by atoms with van der Waals surface area (Å²) in [6.45, 7) is 6.19. The van der Waals surface area contributed by atoms with Crippen LogP contribution in [0.5, 0.6) is 0 Å². The van der Waals surface area contributed by atoms with Crippen molar-refractivity contribution in [2.45, 2.75) is 51.7 Å². The fourth-order valence-electron chi connectivity index (χ4n) is 4.53. The average Bonchev–Trinajstić information content (AvgIpc) is 3.40. The Labute approximate surface area is 199 Å². The van der Waals surface area contributed by atoms with Crippen molar-refractivity contribution in [1.29, 1.82) is 0 Å². The number of nitrogens with zero attached hydrogens (tertiary/aromatic N) is 1. The third kappa shape index (κ3) is 5.31. The molecule has 0 spiro atoms. The molecule has 0 aliphatic heterocycles. The van der Waals surface area contributed by atoms with Crippen molar-refractivity contribution in [1.82, 2.24) is 15.4 Å². The van der Waals surface area contributed by atoms with E-state index in [-0.39, 0.29) is 12.1 Å². The summed E-state index contributed by atoms with van der Waals surface area (Å²) >= 11 is 0. The highest BCUT2D eigenvalue weighted by atomic mass is 16.6. The zero-order chi connectivity index (χ0) is 24.3. The van der Waals surface area contributed by atoms with Gasteiger partial charge in [-0.2, -0.15) is 0 Å². The average molecular weight is 462 g/mol. The molecule has 0 bridgehead atoms. The van der Waals surface area contributed by atoms with Crippen molar-refractivity contribution in [3.05, 3.63) is 77.0 Å². The first-order valence-electron chi connectivity index (χ1n) is 11.5. The van der Waals surface area contributed by atoms with E-state index in [1.807, 2.05) is 68.3 Å². The lowest BCUT2D eigenvalue weighted by Crippen LogP contribution is -2.40. The largest absolute Gasteiger partial charge is 0.444 e. The lowest BCUT2D eigenvalue weighted by atomic mass is 10.0. The molecule has 0 radical (unpaired) electrons. The van der Waals surface area contributed by atoms with Gasteiger partial charge in [-0.3, -0.25) is 10.0 Å². The molecule has 34 heavy (non-hydrogen) atoms. The quantitative estimate of drug-likeness (QED) is 0.269. The number of ether oxygens (including phenoxy) is 1. The van der Waals surface area contributed by atoms with Crippen LogP contribution in [0, 0.1) is 0 Å². The minimum absolute atomic E-state index is 0.0752. The molecule has 1 heterocycles. The van der Waals surface area contributed by atoms with Gasteiger partial charge in [0.2, 0.25) is 0 Å². The normalized spacial score (nSPS) is 15.5. The molecule has 1 unspecified atom stereocenters. The molecule has 2 amide bonds. The Hall–Kier alpha value is -3.58. The minimum Gasteiger partial charge on any atom is -0.444 e. The van der Waals surface area contributed by atoms with Crippen LogP contribution in [0.25, 0.3) is 17.0 Å². The highest BCUT2D eigenvalue weighted by molar-refractivity contribution is 5.90. The van der Waals surface area contributed by atoms with Gasteiger partial charge in [0, 0.05) is 29.7 Å². The van der Waals surface area contributed by atoms with Crippen molar-refractivity contribution < 1.29 is 19.5 Å². The molecule has 1 atom stereocenters. The monoisotopic (exact) mass is 461 g/mol. The Balaban J connectivity index is 1.58. The van der Waals surface area contributed by atoms with E-state index in [2.05, 4.69) is 11.1 Å². The summed E-state index contributed by atoms with van der Waals surface area (Å²) in [6.07, 6.45) is 7.00. The summed E-state index contributed by atoms with van der Waals surface area (Å²) in [7, 11) is 0. The predicted molar refractivity (Wildman–Crippen MR) is 131 cm³/mol. The van der Waals surface area contributed by atoms with Crippen LogP contribution in [0.1, 0.15) is 55.5 Å². The summed E-state index contributed by atoms with van der Waals surface area (Å²) in [5.74, 6) is -0.577. The van der Waals surface area contributed by atoms with Gasteiger partial charge in [0.05, 0.1) is 6.04 Å². The Morgan fingerprint density at radius 3 is 2.79 bits per heavy atom. The number of carbonyl (C=O) groups is 2. The van der Waals surface area contributed by atoms with Crippen molar-refractivity contribution >= 4 is 29.0 Å². The van der Waals surface area contributed by atoms with Gasteiger partial charge in [-0.05, 0) is 74.4 Å². The number of aromatic amines is 1. The maximum Gasteiger partial charge on any atom is 0.410 e. The molecule has 0 fully saturated rings. The SMILES string of the molecule is CC(C)(C)OC(=O)N(CCc1c[nH]c2ccccc12)C1CCc2cc(/C=C/C(=O)NO)ccc21. The molecule has 1 aliphatic rings. The minimum atomic E-state index is -0.584. The van der Waals surface area contributed by atoms with Gasteiger partial charge in [-0.15, -0.1) is 0 Å². The Morgan fingerprint density at radius 2 is 2.03 bits per heavy atom. The van der Waals surface area contributed by atoms with Crippen molar-refractivity contribution in [2.24, 2.45) is 0 Å². The smallest absolute Gasteiger partial charge is 0.410 e. The molecule has 0 saturated heterocycles.